The zero-order chi connectivity index (χ0) is 27.1. The molecule has 2 N–H and O–H groups in total. The van der Waals surface area contributed by atoms with E-state index in [1.165, 1.54) is 18.2 Å². The SMILES string of the molecule is CCOc1ccc(C(=O)NC(=S)Nc2ccc(N3CCN(Cc4ccccc4Cl)CC3)cc2)cc1[N+](=O)[O-]. The number of benzene rings is 3. The molecule has 1 aliphatic heterocycles. The third kappa shape index (κ3) is 6.97. The number of thiocarbonyl (C=S) groups is 1. The first kappa shape index (κ1) is 27.3. The molecule has 0 spiro atoms. The molecular weight excluding hydrogens is 526 g/mol. The van der Waals surface area contributed by atoms with Gasteiger partial charge in [-0.1, -0.05) is 29.8 Å². The van der Waals surface area contributed by atoms with Gasteiger partial charge >= 0.3 is 5.69 Å². The number of nitro benzene ring substituents is 1. The van der Waals surface area contributed by atoms with E-state index in [4.69, 9.17) is 28.6 Å². The molecule has 4 rings (SSSR count). The molecule has 3 aromatic rings. The van der Waals surface area contributed by atoms with E-state index in [-0.39, 0.29) is 28.7 Å². The summed E-state index contributed by atoms with van der Waals surface area (Å²) >= 11 is 11.6. The summed E-state index contributed by atoms with van der Waals surface area (Å²) in [7, 11) is 0. The number of carbonyl (C=O) groups excluding carboxylic acids is 1. The van der Waals surface area contributed by atoms with Crippen molar-refractivity contribution >= 4 is 51.9 Å². The lowest BCUT2D eigenvalue weighted by molar-refractivity contribution is -0.385. The Morgan fingerprint density at radius 2 is 1.79 bits per heavy atom. The van der Waals surface area contributed by atoms with Crippen LogP contribution in [0.1, 0.15) is 22.8 Å². The largest absolute Gasteiger partial charge is 0.487 e. The highest BCUT2D eigenvalue weighted by Gasteiger charge is 2.20. The lowest BCUT2D eigenvalue weighted by atomic mass is 10.1. The van der Waals surface area contributed by atoms with Crippen molar-refractivity contribution in [3.05, 3.63) is 93.0 Å². The van der Waals surface area contributed by atoms with Gasteiger partial charge in [-0.15, -0.1) is 0 Å². The van der Waals surface area contributed by atoms with Gasteiger partial charge in [-0.05, 0) is 67.2 Å². The van der Waals surface area contributed by atoms with Gasteiger partial charge in [0.25, 0.3) is 5.91 Å². The van der Waals surface area contributed by atoms with E-state index in [1.807, 2.05) is 42.5 Å². The molecule has 0 unspecified atom stereocenters. The minimum atomic E-state index is -0.585. The number of nitrogens with zero attached hydrogens (tertiary/aromatic N) is 3. The molecule has 0 atom stereocenters. The Morgan fingerprint density at radius 1 is 1.08 bits per heavy atom. The van der Waals surface area contributed by atoms with Crippen LogP contribution in [0.2, 0.25) is 5.02 Å². The second kappa shape index (κ2) is 12.7. The summed E-state index contributed by atoms with van der Waals surface area (Å²) in [6, 6.07) is 19.8. The number of nitro groups is 1. The number of nitrogens with one attached hydrogen (secondary N) is 2. The third-order valence-corrected chi connectivity index (χ3v) is 6.73. The van der Waals surface area contributed by atoms with E-state index in [0.717, 1.165) is 49.0 Å². The Kier molecular flexibility index (Phi) is 9.11. The van der Waals surface area contributed by atoms with Crippen LogP contribution in [0.5, 0.6) is 5.75 Å². The van der Waals surface area contributed by atoms with Crippen molar-refractivity contribution in [2.75, 3.05) is 43.0 Å². The quantitative estimate of drug-likeness (QED) is 0.226. The molecule has 11 heteroatoms. The van der Waals surface area contributed by atoms with Gasteiger partial charge in [0.05, 0.1) is 11.5 Å². The second-order valence-corrected chi connectivity index (χ2v) is 9.50. The normalized spacial score (nSPS) is 13.6. The summed E-state index contributed by atoms with van der Waals surface area (Å²) < 4.78 is 5.26. The minimum absolute atomic E-state index is 0.0903. The van der Waals surface area contributed by atoms with Crippen LogP contribution < -0.4 is 20.3 Å². The number of anilines is 2. The van der Waals surface area contributed by atoms with Gasteiger partial charge in [0, 0.05) is 60.8 Å². The lowest BCUT2D eigenvalue weighted by Crippen LogP contribution is -2.46. The molecule has 0 radical (unpaired) electrons. The first-order valence-corrected chi connectivity index (χ1v) is 13.0. The molecule has 0 aromatic heterocycles. The first-order valence-electron chi connectivity index (χ1n) is 12.2. The molecule has 1 saturated heterocycles. The van der Waals surface area contributed by atoms with Crippen LogP contribution in [0.3, 0.4) is 0 Å². The number of ether oxygens (including phenoxy) is 1. The van der Waals surface area contributed by atoms with Crippen LogP contribution >= 0.6 is 23.8 Å². The van der Waals surface area contributed by atoms with Crippen molar-refractivity contribution in [2.45, 2.75) is 13.5 Å². The van der Waals surface area contributed by atoms with Gasteiger partial charge in [0.1, 0.15) is 0 Å². The molecule has 198 valence electrons. The zero-order valence-electron chi connectivity index (χ0n) is 20.9. The molecule has 0 bridgehead atoms. The lowest BCUT2D eigenvalue weighted by Gasteiger charge is -2.36. The van der Waals surface area contributed by atoms with E-state index in [9.17, 15) is 14.9 Å². The maximum absolute atomic E-state index is 12.6. The average molecular weight is 554 g/mol. The summed E-state index contributed by atoms with van der Waals surface area (Å²) in [5, 5.41) is 17.8. The van der Waals surface area contributed by atoms with Gasteiger partial charge < -0.3 is 15.0 Å². The Hall–Kier alpha value is -3.73. The van der Waals surface area contributed by atoms with E-state index >= 15 is 0 Å². The predicted octanol–water partition coefficient (Wildman–Crippen LogP) is 5.10. The van der Waals surface area contributed by atoms with Crippen LogP contribution in [0.4, 0.5) is 17.1 Å². The molecule has 38 heavy (non-hydrogen) atoms. The van der Waals surface area contributed by atoms with Gasteiger partial charge in [0.2, 0.25) is 0 Å². The third-order valence-electron chi connectivity index (χ3n) is 6.16. The zero-order valence-corrected chi connectivity index (χ0v) is 22.4. The van der Waals surface area contributed by atoms with Crippen molar-refractivity contribution in [3.8, 4) is 5.75 Å². The summed E-state index contributed by atoms with van der Waals surface area (Å²) in [6.07, 6.45) is 0. The van der Waals surface area contributed by atoms with Crippen molar-refractivity contribution in [2.24, 2.45) is 0 Å². The maximum atomic E-state index is 12.6. The van der Waals surface area contributed by atoms with E-state index in [0.29, 0.717) is 5.69 Å². The first-order chi connectivity index (χ1) is 18.3. The summed E-state index contributed by atoms with van der Waals surface area (Å²) in [5.41, 5.74) is 2.78. The predicted molar refractivity (Wildman–Crippen MR) is 153 cm³/mol. The van der Waals surface area contributed by atoms with Crippen molar-refractivity contribution in [3.63, 3.8) is 0 Å². The number of rotatable bonds is 8. The fourth-order valence-corrected chi connectivity index (χ4v) is 4.61. The molecule has 0 aliphatic carbocycles. The molecule has 9 nitrogen and oxygen atoms in total. The summed E-state index contributed by atoms with van der Waals surface area (Å²) in [4.78, 5) is 28.1. The number of piperazine rings is 1. The van der Waals surface area contributed by atoms with Gasteiger partial charge in [-0.2, -0.15) is 0 Å². The Balaban J connectivity index is 1.28. The van der Waals surface area contributed by atoms with Crippen LogP contribution in [-0.2, 0) is 6.54 Å². The smallest absolute Gasteiger partial charge is 0.311 e. The molecular formula is C27H28ClN5O4S. The number of amides is 1. The fraction of sp³-hybridized carbons (Fsp3) is 0.259. The number of carbonyl (C=O) groups is 1. The van der Waals surface area contributed by atoms with Crippen LogP contribution in [0.15, 0.2) is 66.7 Å². The summed E-state index contributed by atoms with van der Waals surface area (Å²) in [6.45, 7) is 6.52. The van der Waals surface area contributed by atoms with Crippen molar-refractivity contribution in [1.82, 2.24) is 10.2 Å². The Bertz CT molecular complexity index is 1310. The highest BCUT2D eigenvalue weighted by Crippen LogP contribution is 2.28. The molecule has 3 aromatic carbocycles. The molecule has 1 fully saturated rings. The van der Waals surface area contributed by atoms with Gasteiger partial charge in [-0.3, -0.25) is 25.1 Å². The summed E-state index contributed by atoms with van der Waals surface area (Å²) in [5.74, 6) is -0.447. The van der Waals surface area contributed by atoms with Crippen LogP contribution in [0.25, 0.3) is 0 Å². The maximum Gasteiger partial charge on any atom is 0.311 e. The molecule has 1 heterocycles. The highest BCUT2D eigenvalue weighted by molar-refractivity contribution is 7.80. The average Bonchev–Trinajstić information content (AvgIpc) is 2.91. The standard InChI is InChI=1S/C27H28ClN5O4S/c1-2-37-25-12-7-19(17-24(25)33(35)36)26(34)30-27(38)29-21-8-10-22(11-9-21)32-15-13-31(14-16-32)18-20-5-3-4-6-23(20)28/h3-12,17H,2,13-16,18H2,1H3,(H2,29,30,34,38). The Morgan fingerprint density at radius 3 is 2.45 bits per heavy atom. The topological polar surface area (TPSA) is 100.0 Å². The van der Waals surface area contributed by atoms with E-state index < -0.39 is 10.8 Å². The highest BCUT2D eigenvalue weighted by atomic mass is 35.5. The molecule has 0 saturated carbocycles. The number of hydrogen-bond acceptors (Lipinski definition) is 7. The minimum Gasteiger partial charge on any atom is -0.487 e. The van der Waals surface area contributed by atoms with Gasteiger partial charge in [0.15, 0.2) is 10.9 Å². The Labute approximate surface area is 231 Å². The second-order valence-electron chi connectivity index (χ2n) is 8.68. The number of halogens is 1. The van der Waals surface area contributed by atoms with Crippen molar-refractivity contribution < 1.29 is 14.5 Å². The molecule has 1 amide bonds. The van der Waals surface area contributed by atoms with Crippen LogP contribution in [0, 0.1) is 10.1 Å². The van der Waals surface area contributed by atoms with Crippen molar-refractivity contribution in [1.29, 1.82) is 0 Å². The molecule has 1 aliphatic rings. The van der Waals surface area contributed by atoms with E-state index in [1.54, 1.807) is 6.92 Å². The number of hydrogen-bond donors (Lipinski definition) is 2. The van der Waals surface area contributed by atoms with Gasteiger partial charge in [-0.25, -0.2) is 0 Å². The van der Waals surface area contributed by atoms with E-state index in [2.05, 4.69) is 26.5 Å². The monoisotopic (exact) mass is 553 g/mol. The fourth-order valence-electron chi connectivity index (χ4n) is 4.20. The van der Waals surface area contributed by atoms with Crippen LogP contribution in [-0.4, -0.2) is 53.6 Å².